The number of rotatable bonds is 8. The van der Waals surface area contributed by atoms with Gasteiger partial charge in [-0.1, -0.05) is 12.5 Å². The molecule has 2 N–H and O–H groups in total. The maximum Gasteiger partial charge on any atom is 0.191 e. The van der Waals surface area contributed by atoms with E-state index in [1.165, 1.54) is 31.4 Å². The smallest absolute Gasteiger partial charge is 0.191 e. The van der Waals surface area contributed by atoms with E-state index < -0.39 is 0 Å². The Hall–Kier alpha value is -1.22. The van der Waals surface area contributed by atoms with Gasteiger partial charge in [-0.15, -0.1) is 24.0 Å². The van der Waals surface area contributed by atoms with Crippen LogP contribution in [0.2, 0.25) is 0 Å². The van der Waals surface area contributed by atoms with E-state index in [1.54, 1.807) is 14.2 Å². The Morgan fingerprint density at radius 2 is 1.89 bits per heavy atom. The normalized spacial score (nSPS) is 17.8. The molecule has 0 aromatic heterocycles. The van der Waals surface area contributed by atoms with Crippen LogP contribution in [0.5, 0.6) is 11.5 Å². The highest BCUT2D eigenvalue weighted by molar-refractivity contribution is 14.0. The Kier molecular flexibility index (Phi) is 11.5. The molecule has 6 nitrogen and oxygen atoms in total. The van der Waals surface area contributed by atoms with Gasteiger partial charge in [0.2, 0.25) is 0 Å². The molecule has 7 heteroatoms. The second-order valence-electron chi connectivity index (χ2n) is 6.75. The van der Waals surface area contributed by atoms with E-state index in [4.69, 9.17) is 9.47 Å². The molecule has 27 heavy (non-hydrogen) atoms. The summed E-state index contributed by atoms with van der Waals surface area (Å²) < 4.78 is 10.6. The van der Waals surface area contributed by atoms with Gasteiger partial charge in [-0.2, -0.15) is 0 Å². The number of guanidine groups is 1. The zero-order valence-electron chi connectivity index (χ0n) is 17.1. The lowest BCUT2D eigenvalue weighted by molar-refractivity contribution is 0.163. The van der Waals surface area contributed by atoms with Gasteiger partial charge < -0.3 is 20.1 Å². The molecule has 0 spiro atoms. The highest BCUT2D eigenvalue weighted by Gasteiger charge is 2.17. The van der Waals surface area contributed by atoms with Crippen molar-refractivity contribution in [3.63, 3.8) is 0 Å². The van der Waals surface area contributed by atoms with E-state index in [-0.39, 0.29) is 24.0 Å². The summed E-state index contributed by atoms with van der Waals surface area (Å²) in [4.78, 5) is 6.88. The fraction of sp³-hybridized carbons (Fsp3) is 0.650. The summed E-state index contributed by atoms with van der Waals surface area (Å²) in [6, 6.07) is 6.73. The molecular weight excluding hydrogens is 455 g/mol. The third-order valence-electron chi connectivity index (χ3n) is 5.01. The number of nitrogens with one attached hydrogen (secondary N) is 2. The van der Waals surface area contributed by atoms with Crippen molar-refractivity contribution >= 4 is 29.9 Å². The maximum absolute atomic E-state index is 5.36. The molecular formula is C20H35IN4O2. The van der Waals surface area contributed by atoms with Gasteiger partial charge in [0, 0.05) is 32.7 Å². The first-order valence-corrected chi connectivity index (χ1v) is 9.57. The molecule has 1 unspecified atom stereocenters. The zero-order valence-corrected chi connectivity index (χ0v) is 19.4. The van der Waals surface area contributed by atoms with Gasteiger partial charge in [0.05, 0.1) is 14.2 Å². The number of piperidine rings is 1. The van der Waals surface area contributed by atoms with Crippen molar-refractivity contribution in [3.05, 3.63) is 23.8 Å². The van der Waals surface area contributed by atoms with Crippen LogP contribution < -0.4 is 20.1 Å². The summed E-state index contributed by atoms with van der Waals surface area (Å²) in [6.07, 6.45) is 4.90. The van der Waals surface area contributed by atoms with Crippen LogP contribution >= 0.6 is 24.0 Å². The average Bonchev–Trinajstić information content (AvgIpc) is 2.68. The van der Waals surface area contributed by atoms with Crippen LogP contribution in [0.3, 0.4) is 0 Å². The lowest BCUT2D eigenvalue weighted by atomic mass is 10.0. The highest BCUT2D eigenvalue weighted by Crippen LogP contribution is 2.27. The average molecular weight is 490 g/mol. The molecule has 1 atom stereocenters. The van der Waals surface area contributed by atoms with Gasteiger partial charge in [0.1, 0.15) is 0 Å². The second-order valence-corrected chi connectivity index (χ2v) is 6.75. The topological polar surface area (TPSA) is 58.1 Å². The largest absolute Gasteiger partial charge is 0.493 e. The van der Waals surface area contributed by atoms with Crippen LogP contribution in [0, 0.1) is 0 Å². The summed E-state index contributed by atoms with van der Waals surface area (Å²) in [5.41, 5.74) is 1.20. The lowest BCUT2D eigenvalue weighted by Gasteiger charge is -2.33. The van der Waals surface area contributed by atoms with Gasteiger partial charge >= 0.3 is 0 Å². The standard InChI is InChI=1S/C20H34N4O2.HI/c1-16-7-5-6-13-24(16)14-12-23-20(21-2)22-11-10-17-8-9-18(25-3)19(15-17)26-4;/h8-9,15-16H,5-7,10-14H2,1-4H3,(H2,21,22,23);1H. The number of hydrogen-bond acceptors (Lipinski definition) is 4. The van der Waals surface area contributed by atoms with Crippen molar-refractivity contribution in [2.24, 2.45) is 4.99 Å². The van der Waals surface area contributed by atoms with Crippen LogP contribution in [0.15, 0.2) is 23.2 Å². The van der Waals surface area contributed by atoms with Crippen LogP contribution in [-0.2, 0) is 6.42 Å². The minimum absolute atomic E-state index is 0. The molecule has 0 aliphatic carbocycles. The minimum atomic E-state index is 0. The molecule has 0 radical (unpaired) electrons. The Labute approximate surface area is 181 Å². The molecule has 1 aliphatic rings. The van der Waals surface area contributed by atoms with E-state index in [2.05, 4.69) is 33.5 Å². The van der Waals surface area contributed by atoms with Crippen molar-refractivity contribution in [1.29, 1.82) is 0 Å². The Morgan fingerprint density at radius 3 is 2.56 bits per heavy atom. The van der Waals surface area contributed by atoms with Crippen LogP contribution in [-0.4, -0.2) is 64.3 Å². The van der Waals surface area contributed by atoms with Gasteiger partial charge in [-0.25, -0.2) is 0 Å². The molecule has 1 aliphatic heterocycles. The summed E-state index contributed by atoms with van der Waals surface area (Å²) in [5, 5.41) is 6.80. The lowest BCUT2D eigenvalue weighted by Crippen LogP contribution is -2.45. The van der Waals surface area contributed by atoms with E-state index in [0.29, 0.717) is 6.04 Å². The molecule has 154 valence electrons. The number of methoxy groups -OCH3 is 2. The fourth-order valence-electron chi connectivity index (χ4n) is 3.39. The van der Waals surface area contributed by atoms with Crippen LogP contribution in [0.4, 0.5) is 0 Å². The van der Waals surface area contributed by atoms with Crippen molar-refractivity contribution < 1.29 is 9.47 Å². The van der Waals surface area contributed by atoms with Gasteiger partial charge in [-0.05, 0) is 50.4 Å². The third-order valence-corrected chi connectivity index (χ3v) is 5.01. The van der Waals surface area contributed by atoms with Crippen LogP contribution in [0.25, 0.3) is 0 Å². The summed E-state index contributed by atoms with van der Waals surface area (Å²) in [6.45, 7) is 6.34. The molecule has 2 rings (SSSR count). The molecule has 0 bridgehead atoms. The van der Waals surface area contributed by atoms with Crippen molar-refractivity contribution in [3.8, 4) is 11.5 Å². The highest BCUT2D eigenvalue weighted by atomic mass is 127. The van der Waals surface area contributed by atoms with Crippen molar-refractivity contribution in [1.82, 2.24) is 15.5 Å². The first-order chi connectivity index (χ1) is 12.7. The summed E-state index contributed by atoms with van der Waals surface area (Å²) >= 11 is 0. The Balaban J connectivity index is 0.00000364. The number of nitrogens with zero attached hydrogens (tertiary/aromatic N) is 2. The number of likely N-dealkylation sites (tertiary alicyclic amines) is 1. The van der Waals surface area contributed by atoms with Gasteiger partial charge in [0.25, 0.3) is 0 Å². The second kappa shape index (κ2) is 13.0. The van der Waals surface area contributed by atoms with Crippen molar-refractivity contribution in [2.75, 3.05) is 47.4 Å². The predicted octanol–water partition coefficient (Wildman–Crippen LogP) is 2.90. The molecule has 0 saturated carbocycles. The first kappa shape index (κ1) is 23.8. The zero-order chi connectivity index (χ0) is 18.8. The summed E-state index contributed by atoms with van der Waals surface area (Å²) in [5.74, 6) is 2.38. The van der Waals surface area contributed by atoms with Crippen molar-refractivity contribution in [2.45, 2.75) is 38.6 Å². The molecule has 1 aromatic rings. The molecule has 1 heterocycles. The minimum Gasteiger partial charge on any atom is -0.493 e. The molecule has 1 saturated heterocycles. The molecule has 1 fully saturated rings. The van der Waals surface area contributed by atoms with Crippen LogP contribution in [0.1, 0.15) is 31.7 Å². The number of ether oxygens (including phenoxy) is 2. The summed E-state index contributed by atoms with van der Waals surface area (Å²) in [7, 11) is 5.13. The SMILES string of the molecule is CN=C(NCCc1ccc(OC)c(OC)c1)NCCN1CCCCC1C.I. The number of benzene rings is 1. The number of hydrogen-bond donors (Lipinski definition) is 2. The molecule has 0 amide bonds. The Bertz CT molecular complexity index is 583. The van der Waals surface area contributed by atoms with E-state index in [1.807, 2.05) is 19.2 Å². The van der Waals surface area contributed by atoms with Gasteiger partial charge in [0.15, 0.2) is 17.5 Å². The first-order valence-electron chi connectivity index (χ1n) is 9.57. The number of halogens is 1. The maximum atomic E-state index is 5.36. The van der Waals surface area contributed by atoms with Gasteiger partial charge in [-0.3, -0.25) is 9.89 Å². The van der Waals surface area contributed by atoms with E-state index in [9.17, 15) is 0 Å². The quantitative estimate of drug-likeness (QED) is 0.334. The van der Waals surface area contributed by atoms with E-state index in [0.717, 1.165) is 43.5 Å². The molecule has 1 aromatic carbocycles. The third kappa shape index (κ3) is 7.73. The number of aliphatic imine (C=N–C) groups is 1. The van der Waals surface area contributed by atoms with E-state index >= 15 is 0 Å². The monoisotopic (exact) mass is 490 g/mol. The fourth-order valence-corrected chi connectivity index (χ4v) is 3.39. The Morgan fingerprint density at radius 1 is 1.15 bits per heavy atom. The predicted molar refractivity (Wildman–Crippen MR) is 123 cm³/mol.